The molecule has 2 amide bonds. The zero-order valence-electron chi connectivity index (χ0n) is 29.1. The van der Waals surface area contributed by atoms with E-state index in [2.05, 4.69) is 53.4 Å². The summed E-state index contributed by atoms with van der Waals surface area (Å²) in [6.45, 7) is 6.01. The Kier molecular flexibility index (Phi) is 12.8. The first-order valence-electron chi connectivity index (χ1n) is 17.8. The minimum atomic E-state index is -0.0631. The van der Waals surface area contributed by atoms with Crippen molar-refractivity contribution in [2.24, 2.45) is 0 Å². The van der Waals surface area contributed by atoms with Crippen molar-refractivity contribution in [3.8, 4) is 11.3 Å². The summed E-state index contributed by atoms with van der Waals surface area (Å²) in [5, 5.41) is 0. The summed E-state index contributed by atoms with van der Waals surface area (Å²) >= 11 is 0. The lowest BCUT2D eigenvalue weighted by atomic mass is 10.0. The van der Waals surface area contributed by atoms with E-state index in [9.17, 15) is 9.59 Å². The molecule has 264 valence electrons. The standard InChI is InChI=1S/C40H49N5O5/c1-48-25-26-50-30-37(46)44(35-17-23-49-24-18-35)22-20-43-31-41-38(39(43)34-15-9-4-10-16-34)40(47)45-21-19-42(28-33-13-7-3-8-14-33)29-36(45)27-32-11-5-2-6-12-32/h2-16,31,35-36H,17-30H2,1H3/t36-/m1/s1. The number of methoxy groups -OCH3 is 1. The van der Waals surface area contributed by atoms with Crippen LogP contribution in [0.4, 0.5) is 0 Å². The maximum Gasteiger partial charge on any atom is 0.275 e. The fourth-order valence-corrected chi connectivity index (χ4v) is 7.08. The molecule has 0 spiro atoms. The van der Waals surface area contributed by atoms with E-state index >= 15 is 0 Å². The molecule has 1 aromatic heterocycles. The van der Waals surface area contributed by atoms with Crippen LogP contribution in [-0.2, 0) is 38.5 Å². The van der Waals surface area contributed by atoms with Gasteiger partial charge in [0.05, 0.1) is 25.2 Å². The van der Waals surface area contributed by atoms with Crippen LogP contribution in [0.2, 0.25) is 0 Å². The molecule has 2 aliphatic heterocycles. The van der Waals surface area contributed by atoms with E-state index < -0.39 is 0 Å². The molecule has 50 heavy (non-hydrogen) atoms. The Morgan fingerprint density at radius 3 is 2.26 bits per heavy atom. The average molecular weight is 680 g/mol. The predicted octanol–water partition coefficient (Wildman–Crippen LogP) is 4.79. The van der Waals surface area contributed by atoms with Crippen LogP contribution in [0.1, 0.15) is 34.5 Å². The fourth-order valence-electron chi connectivity index (χ4n) is 7.08. The molecule has 2 fully saturated rings. The monoisotopic (exact) mass is 679 g/mol. The minimum Gasteiger partial charge on any atom is -0.382 e. The Morgan fingerprint density at radius 1 is 0.880 bits per heavy atom. The number of rotatable bonds is 15. The molecule has 2 aliphatic rings. The Balaban J connectivity index is 1.24. The Morgan fingerprint density at radius 2 is 1.56 bits per heavy atom. The van der Waals surface area contributed by atoms with Gasteiger partial charge in [0.1, 0.15) is 6.61 Å². The number of piperazine rings is 1. The topological polar surface area (TPSA) is 89.4 Å². The lowest BCUT2D eigenvalue weighted by Gasteiger charge is -2.41. The van der Waals surface area contributed by atoms with Gasteiger partial charge in [-0.15, -0.1) is 0 Å². The summed E-state index contributed by atoms with van der Waals surface area (Å²) in [5.74, 6) is -0.116. The lowest BCUT2D eigenvalue weighted by Crippen LogP contribution is -2.55. The maximum atomic E-state index is 14.7. The van der Waals surface area contributed by atoms with E-state index in [1.54, 1.807) is 13.4 Å². The Hall–Kier alpha value is -4.35. The van der Waals surface area contributed by atoms with Crippen molar-refractivity contribution < 1.29 is 23.8 Å². The second kappa shape index (κ2) is 18.1. The molecule has 3 heterocycles. The third kappa shape index (κ3) is 9.25. The van der Waals surface area contributed by atoms with Gasteiger partial charge in [-0.25, -0.2) is 4.98 Å². The van der Waals surface area contributed by atoms with Crippen molar-refractivity contribution in [1.29, 1.82) is 0 Å². The number of amides is 2. The van der Waals surface area contributed by atoms with Gasteiger partial charge in [-0.3, -0.25) is 14.5 Å². The zero-order chi connectivity index (χ0) is 34.5. The molecule has 6 rings (SSSR count). The molecule has 4 aromatic rings. The second-order valence-electron chi connectivity index (χ2n) is 13.0. The van der Waals surface area contributed by atoms with Gasteiger partial charge < -0.3 is 28.6 Å². The van der Waals surface area contributed by atoms with E-state index in [0.29, 0.717) is 51.8 Å². The number of nitrogens with zero attached hydrogens (tertiary/aromatic N) is 5. The Labute approximate surface area is 295 Å². The number of carbonyl (C=O) groups is 2. The predicted molar refractivity (Wildman–Crippen MR) is 193 cm³/mol. The number of benzene rings is 3. The van der Waals surface area contributed by atoms with Gasteiger partial charge in [0.2, 0.25) is 5.91 Å². The average Bonchev–Trinajstić information content (AvgIpc) is 3.59. The summed E-state index contributed by atoms with van der Waals surface area (Å²) in [6.07, 6.45) is 4.08. The first-order valence-corrected chi connectivity index (χ1v) is 17.8. The molecule has 10 nitrogen and oxygen atoms in total. The van der Waals surface area contributed by atoms with Crippen molar-refractivity contribution >= 4 is 11.8 Å². The zero-order valence-corrected chi connectivity index (χ0v) is 29.1. The number of carbonyl (C=O) groups excluding carboxylic acids is 2. The molecule has 0 saturated carbocycles. The largest absolute Gasteiger partial charge is 0.382 e. The normalized spacial score (nSPS) is 17.1. The maximum absolute atomic E-state index is 14.7. The third-order valence-electron chi connectivity index (χ3n) is 9.67. The van der Waals surface area contributed by atoms with E-state index in [-0.39, 0.29) is 30.5 Å². The van der Waals surface area contributed by atoms with Crippen LogP contribution in [0, 0.1) is 0 Å². The summed E-state index contributed by atoms with van der Waals surface area (Å²) in [6, 6.07) is 31.0. The van der Waals surface area contributed by atoms with Gasteiger partial charge in [0.15, 0.2) is 5.69 Å². The molecular formula is C40H49N5O5. The first kappa shape index (κ1) is 35.5. The fraction of sp³-hybridized carbons (Fsp3) is 0.425. The van der Waals surface area contributed by atoms with Gasteiger partial charge >= 0.3 is 0 Å². The highest BCUT2D eigenvalue weighted by Gasteiger charge is 2.34. The highest BCUT2D eigenvalue weighted by Crippen LogP contribution is 2.28. The molecule has 10 heteroatoms. The van der Waals surface area contributed by atoms with Crippen LogP contribution in [0.25, 0.3) is 11.3 Å². The molecule has 0 radical (unpaired) electrons. The quantitative estimate of drug-likeness (QED) is 0.167. The second-order valence-corrected chi connectivity index (χ2v) is 13.0. The Bertz CT molecular complexity index is 1630. The lowest BCUT2D eigenvalue weighted by molar-refractivity contribution is -0.141. The molecular weight excluding hydrogens is 630 g/mol. The number of hydrogen-bond acceptors (Lipinski definition) is 7. The minimum absolute atomic E-state index is 0.00101. The number of aromatic nitrogens is 2. The van der Waals surface area contributed by atoms with Gasteiger partial charge in [-0.1, -0.05) is 91.0 Å². The molecule has 0 bridgehead atoms. The SMILES string of the molecule is COCCOCC(=O)N(CCn1cnc(C(=O)N2CCN(Cc3ccccc3)C[C@H]2Cc2ccccc2)c1-c1ccccc1)C1CCOCC1. The number of hydrogen-bond donors (Lipinski definition) is 0. The highest BCUT2D eigenvalue weighted by molar-refractivity contribution is 5.98. The van der Waals surface area contributed by atoms with Gasteiger partial charge in [0.25, 0.3) is 5.91 Å². The smallest absolute Gasteiger partial charge is 0.275 e. The van der Waals surface area contributed by atoms with Crippen molar-refractivity contribution in [2.75, 3.05) is 66.3 Å². The summed E-state index contributed by atoms with van der Waals surface area (Å²) < 4.78 is 18.3. The molecule has 3 aromatic carbocycles. The molecule has 0 aliphatic carbocycles. The van der Waals surface area contributed by atoms with Gasteiger partial charge in [0, 0.05) is 77.2 Å². The van der Waals surface area contributed by atoms with Crippen LogP contribution < -0.4 is 0 Å². The first-order chi connectivity index (χ1) is 24.6. The molecule has 0 N–H and O–H groups in total. The van der Waals surface area contributed by atoms with E-state index in [1.165, 1.54) is 11.1 Å². The van der Waals surface area contributed by atoms with E-state index in [1.807, 2.05) is 56.8 Å². The van der Waals surface area contributed by atoms with Gasteiger partial charge in [-0.2, -0.15) is 0 Å². The third-order valence-corrected chi connectivity index (χ3v) is 9.67. The number of imidazole rings is 1. The van der Waals surface area contributed by atoms with Crippen LogP contribution in [0.5, 0.6) is 0 Å². The summed E-state index contributed by atoms with van der Waals surface area (Å²) in [4.78, 5) is 39.3. The van der Waals surface area contributed by atoms with Crippen LogP contribution >= 0.6 is 0 Å². The number of ether oxygens (including phenoxy) is 3. The van der Waals surface area contributed by atoms with Crippen molar-refractivity contribution in [2.45, 2.75) is 44.4 Å². The van der Waals surface area contributed by atoms with Crippen LogP contribution in [0.15, 0.2) is 97.3 Å². The highest BCUT2D eigenvalue weighted by atomic mass is 16.5. The van der Waals surface area contributed by atoms with Crippen molar-refractivity contribution in [1.82, 2.24) is 24.3 Å². The van der Waals surface area contributed by atoms with Crippen molar-refractivity contribution in [3.05, 3.63) is 114 Å². The summed E-state index contributed by atoms with van der Waals surface area (Å²) in [7, 11) is 1.61. The molecule has 1 atom stereocenters. The van der Waals surface area contributed by atoms with Crippen LogP contribution in [-0.4, -0.2) is 114 Å². The van der Waals surface area contributed by atoms with Crippen LogP contribution in [0.3, 0.4) is 0 Å². The summed E-state index contributed by atoms with van der Waals surface area (Å²) in [5.41, 5.74) is 4.61. The molecule has 0 unspecified atom stereocenters. The van der Waals surface area contributed by atoms with E-state index in [4.69, 9.17) is 19.2 Å². The van der Waals surface area contributed by atoms with Gasteiger partial charge in [-0.05, 0) is 30.4 Å². The molecule has 2 saturated heterocycles. The van der Waals surface area contributed by atoms with Crippen molar-refractivity contribution in [3.63, 3.8) is 0 Å². The van der Waals surface area contributed by atoms with E-state index in [0.717, 1.165) is 50.2 Å².